The summed E-state index contributed by atoms with van der Waals surface area (Å²) in [7, 11) is 0. The molecule has 0 aliphatic carbocycles. The number of ether oxygens (including phenoxy) is 3. The number of hydrogen-bond donors (Lipinski definition) is 0. The van der Waals surface area contributed by atoms with Crippen molar-refractivity contribution >= 4 is 17.7 Å². The van der Waals surface area contributed by atoms with Crippen molar-refractivity contribution in [2.75, 3.05) is 6.54 Å². The fraction of sp³-hybridized carbons (Fsp3) is 0.552. The number of likely N-dealkylation sites (tertiary alicyclic amines) is 1. The van der Waals surface area contributed by atoms with Gasteiger partial charge >= 0.3 is 6.09 Å². The third-order valence-corrected chi connectivity index (χ3v) is 7.24. The standard InChI is InChI=1S/C29H37ClFNO4/c1-27(2,3)24-16-18(14-15-32(24)26(33)36-28(4,5)6)25-20-10-8-9-11-23(20)34-29(7,35-25)21-13-12-19(30)17-22(21)31/h8-13,17-18,24-25H,14-16H2,1-7H3/t18?,24-,25?,29?/m0/s1. The Labute approximate surface area is 218 Å². The number of piperidine rings is 1. The van der Waals surface area contributed by atoms with Gasteiger partial charge in [-0.05, 0) is 69.2 Å². The summed E-state index contributed by atoms with van der Waals surface area (Å²) >= 11 is 6.01. The van der Waals surface area contributed by atoms with E-state index in [2.05, 4.69) is 20.8 Å². The Morgan fingerprint density at radius 1 is 1.14 bits per heavy atom. The maximum absolute atomic E-state index is 15.0. The molecule has 0 bridgehead atoms. The smallest absolute Gasteiger partial charge is 0.410 e. The van der Waals surface area contributed by atoms with Crippen molar-refractivity contribution < 1.29 is 23.4 Å². The van der Waals surface area contributed by atoms with Gasteiger partial charge < -0.3 is 19.1 Å². The van der Waals surface area contributed by atoms with Crippen LogP contribution in [0.25, 0.3) is 0 Å². The minimum atomic E-state index is -1.33. The Balaban J connectivity index is 1.67. The fourth-order valence-corrected chi connectivity index (χ4v) is 5.46. The molecule has 3 unspecified atom stereocenters. The second kappa shape index (κ2) is 9.53. The number of nitrogens with zero attached hydrogens (tertiary/aromatic N) is 1. The molecule has 0 radical (unpaired) electrons. The van der Waals surface area contributed by atoms with Gasteiger partial charge in [-0.1, -0.05) is 50.6 Å². The van der Waals surface area contributed by atoms with Crippen molar-refractivity contribution in [1.82, 2.24) is 4.90 Å². The Morgan fingerprint density at radius 2 is 1.83 bits per heavy atom. The lowest BCUT2D eigenvalue weighted by atomic mass is 9.74. The molecule has 0 N–H and O–H groups in total. The lowest BCUT2D eigenvalue weighted by molar-refractivity contribution is -0.245. The molecule has 0 spiro atoms. The van der Waals surface area contributed by atoms with Crippen LogP contribution < -0.4 is 4.74 Å². The SMILES string of the molecule is CC(C)(C)OC(=O)N1CCC(C2OC(C)(c3ccc(Cl)cc3F)Oc3ccccc32)C[C@H]1C(C)(C)C. The molecule has 4 rings (SSSR count). The van der Waals surface area contributed by atoms with Gasteiger partial charge in [-0.2, -0.15) is 0 Å². The highest BCUT2D eigenvalue weighted by molar-refractivity contribution is 6.30. The molecule has 1 saturated heterocycles. The van der Waals surface area contributed by atoms with E-state index in [1.165, 1.54) is 6.07 Å². The number of hydrogen-bond acceptors (Lipinski definition) is 4. The Bertz CT molecular complexity index is 1120. The molecule has 0 saturated carbocycles. The zero-order valence-corrected chi connectivity index (χ0v) is 23.0. The minimum absolute atomic E-state index is 0.0526. The zero-order chi connectivity index (χ0) is 26.5. The van der Waals surface area contributed by atoms with Crippen LogP contribution in [0.5, 0.6) is 5.75 Å². The van der Waals surface area contributed by atoms with Crippen LogP contribution in [0.4, 0.5) is 9.18 Å². The molecule has 2 aliphatic rings. The van der Waals surface area contributed by atoms with Gasteiger partial charge in [0.15, 0.2) is 0 Å². The monoisotopic (exact) mass is 517 g/mol. The van der Waals surface area contributed by atoms with E-state index >= 15 is 4.39 Å². The van der Waals surface area contributed by atoms with Crippen LogP contribution in [0.3, 0.4) is 0 Å². The summed E-state index contributed by atoms with van der Waals surface area (Å²) in [5.74, 6) is -1.04. The summed E-state index contributed by atoms with van der Waals surface area (Å²) in [6, 6.07) is 12.2. The van der Waals surface area contributed by atoms with Crippen molar-refractivity contribution in [3.63, 3.8) is 0 Å². The lowest BCUT2D eigenvalue weighted by Crippen LogP contribution is -2.54. The first-order valence-corrected chi connectivity index (χ1v) is 13.0. The molecule has 2 aromatic carbocycles. The second-order valence-corrected chi connectivity index (χ2v) is 12.5. The summed E-state index contributed by atoms with van der Waals surface area (Å²) in [6.07, 6.45) is 0.827. The van der Waals surface area contributed by atoms with E-state index in [-0.39, 0.29) is 29.6 Å². The molecule has 0 aromatic heterocycles. The van der Waals surface area contributed by atoms with Gasteiger partial charge in [0.2, 0.25) is 5.79 Å². The maximum atomic E-state index is 15.0. The number of rotatable bonds is 2. The number of benzene rings is 2. The Kier molecular flexibility index (Phi) is 7.08. The fourth-order valence-electron chi connectivity index (χ4n) is 5.30. The quantitative estimate of drug-likeness (QED) is 0.406. The number of carbonyl (C=O) groups is 1. The molecule has 2 aliphatic heterocycles. The predicted octanol–water partition coefficient (Wildman–Crippen LogP) is 7.86. The van der Waals surface area contributed by atoms with E-state index in [4.69, 9.17) is 25.8 Å². The Hall–Kier alpha value is -2.31. The normalized spacial score (nSPS) is 26.7. The van der Waals surface area contributed by atoms with Crippen molar-refractivity contribution in [3.8, 4) is 5.75 Å². The first-order chi connectivity index (χ1) is 16.7. The van der Waals surface area contributed by atoms with Gasteiger partial charge in [-0.15, -0.1) is 0 Å². The molecule has 2 aromatic rings. The van der Waals surface area contributed by atoms with Gasteiger partial charge in [0.1, 0.15) is 17.2 Å². The van der Waals surface area contributed by atoms with Crippen LogP contribution in [0.15, 0.2) is 42.5 Å². The van der Waals surface area contributed by atoms with Gasteiger partial charge in [0.25, 0.3) is 0 Å². The van der Waals surface area contributed by atoms with Gasteiger partial charge in [-0.3, -0.25) is 0 Å². The van der Waals surface area contributed by atoms with Crippen molar-refractivity contribution in [2.24, 2.45) is 11.3 Å². The number of amides is 1. The second-order valence-electron chi connectivity index (χ2n) is 12.1. The van der Waals surface area contributed by atoms with Crippen LogP contribution in [-0.2, 0) is 15.3 Å². The molecule has 2 heterocycles. The molecular weight excluding hydrogens is 481 g/mol. The molecule has 5 nitrogen and oxygen atoms in total. The van der Waals surface area contributed by atoms with E-state index in [0.29, 0.717) is 22.9 Å². The summed E-state index contributed by atoms with van der Waals surface area (Å²) in [5, 5.41) is 0.315. The van der Waals surface area contributed by atoms with Crippen molar-refractivity contribution in [1.29, 1.82) is 0 Å². The molecule has 7 heteroatoms. The largest absolute Gasteiger partial charge is 0.458 e. The van der Waals surface area contributed by atoms with E-state index < -0.39 is 17.2 Å². The van der Waals surface area contributed by atoms with Crippen LogP contribution in [0, 0.1) is 17.2 Å². The highest BCUT2D eigenvalue weighted by Gasteiger charge is 2.48. The van der Waals surface area contributed by atoms with Gasteiger partial charge in [0.05, 0.1) is 11.7 Å². The van der Waals surface area contributed by atoms with Crippen LogP contribution >= 0.6 is 11.6 Å². The average Bonchev–Trinajstić information content (AvgIpc) is 2.76. The van der Waals surface area contributed by atoms with Crippen LogP contribution in [0.1, 0.15) is 78.5 Å². The topological polar surface area (TPSA) is 48.0 Å². The van der Waals surface area contributed by atoms with E-state index in [1.807, 2.05) is 49.9 Å². The van der Waals surface area contributed by atoms with Crippen LogP contribution in [-0.4, -0.2) is 29.2 Å². The molecular formula is C29H37ClFNO4. The van der Waals surface area contributed by atoms with E-state index in [1.54, 1.807) is 19.1 Å². The Morgan fingerprint density at radius 3 is 2.47 bits per heavy atom. The lowest BCUT2D eigenvalue weighted by Gasteiger charge is -2.49. The molecule has 4 atom stereocenters. The average molecular weight is 518 g/mol. The number of fused-ring (bicyclic) bond motifs is 1. The minimum Gasteiger partial charge on any atom is -0.458 e. The zero-order valence-electron chi connectivity index (χ0n) is 22.2. The highest BCUT2D eigenvalue weighted by Crippen LogP contribution is 2.50. The van der Waals surface area contributed by atoms with Crippen LogP contribution in [0.2, 0.25) is 5.02 Å². The van der Waals surface area contributed by atoms with Gasteiger partial charge in [-0.25, -0.2) is 9.18 Å². The third kappa shape index (κ3) is 5.50. The maximum Gasteiger partial charge on any atom is 0.410 e. The van der Waals surface area contributed by atoms with Gasteiger partial charge in [0, 0.05) is 30.1 Å². The summed E-state index contributed by atoms with van der Waals surface area (Å²) in [5.41, 5.74) is 0.493. The highest BCUT2D eigenvalue weighted by atomic mass is 35.5. The predicted molar refractivity (Wildman–Crippen MR) is 139 cm³/mol. The number of carbonyl (C=O) groups excluding carboxylic acids is 1. The molecule has 36 heavy (non-hydrogen) atoms. The molecule has 196 valence electrons. The summed E-state index contributed by atoms with van der Waals surface area (Å²) in [4.78, 5) is 15.0. The third-order valence-electron chi connectivity index (χ3n) is 7.00. The molecule has 1 fully saturated rings. The first-order valence-electron chi connectivity index (χ1n) is 12.6. The van der Waals surface area contributed by atoms with E-state index in [9.17, 15) is 4.79 Å². The first kappa shape index (κ1) is 26.7. The summed E-state index contributed by atoms with van der Waals surface area (Å²) in [6.45, 7) is 14.4. The number of halogens is 2. The summed E-state index contributed by atoms with van der Waals surface area (Å²) < 4.78 is 33.7. The molecule has 1 amide bonds. The van der Waals surface area contributed by atoms with Crippen molar-refractivity contribution in [2.45, 2.75) is 84.8 Å². The number of para-hydroxylation sites is 1. The van der Waals surface area contributed by atoms with Crippen molar-refractivity contribution in [3.05, 3.63) is 64.4 Å². The van der Waals surface area contributed by atoms with E-state index in [0.717, 1.165) is 18.4 Å².